The Labute approximate surface area is 99.2 Å². The van der Waals surface area contributed by atoms with Crippen LogP contribution in [0.4, 0.5) is 0 Å². The van der Waals surface area contributed by atoms with Crippen molar-refractivity contribution in [2.24, 2.45) is 0 Å². The fourth-order valence-electron chi connectivity index (χ4n) is 1.46. The number of carbonyl (C=O) groups is 1. The summed E-state index contributed by atoms with van der Waals surface area (Å²) < 4.78 is 0. The van der Waals surface area contributed by atoms with Crippen molar-refractivity contribution >= 4 is 5.91 Å². The summed E-state index contributed by atoms with van der Waals surface area (Å²) in [7, 11) is 0. The molecular weight excluding hydrogens is 222 g/mol. The Morgan fingerprint density at radius 2 is 1.94 bits per heavy atom. The lowest BCUT2D eigenvalue weighted by Crippen LogP contribution is -2.33. The summed E-state index contributed by atoms with van der Waals surface area (Å²) in [6, 6.07) is 4.07. The SMILES string of the molecule is C=CCN(CCO)C(=O)c1c(O)cccc1O. The summed E-state index contributed by atoms with van der Waals surface area (Å²) in [4.78, 5) is 13.3. The minimum absolute atomic E-state index is 0.110. The van der Waals surface area contributed by atoms with Gasteiger partial charge in [0.1, 0.15) is 17.1 Å². The van der Waals surface area contributed by atoms with E-state index in [0.29, 0.717) is 0 Å². The van der Waals surface area contributed by atoms with Gasteiger partial charge in [-0.2, -0.15) is 0 Å². The molecule has 0 bridgehead atoms. The van der Waals surface area contributed by atoms with E-state index in [2.05, 4.69) is 6.58 Å². The molecule has 0 atom stereocenters. The third-order valence-electron chi connectivity index (χ3n) is 2.24. The average molecular weight is 237 g/mol. The predicted octanol–water partition coefficient (Wildman–Crippen LogP) is 0.718. The van der Waals surface area contributed by atoms with Gasteiger partial charge in [-0.3, -0.25) is 4.79 Å². The fourth-order valence-corrected chi connectivity index (χ4v) is 1.46. The van der Waals surface area contributed by atoms with Gasteiger partial charge < -0.3 is 20.2 Å². The van der Waals surface area contributed by atoms with Crippen molar-refractivity contribution in [2.45, 2.75) is 0 Å². The maximum absolute atomic E-state index is 12.0. The Balaban J connectivity index is 3.04. The van der Waals surface area contributed by atoms with Gasteiger partial charge in [0.05, 0.1) is 6.61 Å². The molecule has 5 heteroatoms. The Bertz CT molecular complexity index is 397. The smallest absolute Gasteiger partial charge is 0.261 e. The van der Waals surface area contributed by atoms with E-state index in [1.165, 1.54) is 29.2 Å². The van der Waals surface area contributed by atoms with Crippen LogP contribution < -0.4 is 0 Å². The van der Waals surface area contributed by atoms with Gasteiger partial charge in [0, 0.05) is 13.1 Å². The summed E-state index contributed by atoms with van der Waals surface area (Å²) in [5, 5.41) is 27.9. The number of hydrogen-bond acceptors (Lipinski definition) is 4. The molecule has 92 valence electrons. The van der Waals surface area contributed by atoms with Crippen LogP contribution in [-0.4, -0.2) is 45.8 Å². The molecule has 0 aliphatic heterocycles. The Kier molecular flexibility index (Phi) is 4.54. The topological polar surface area (TPSA) is 81.0 Å². The maximum Gasteiger partial charge on any atom is 0.261 e. The fraction of sp³-hybridized carbons (Fsp3) is 0.250. The minimum atomic E-state index is -0.547. The van der Waals surface area contributed by atoms with Crippen LogP contribution in [0.1, 0.15) is 10.4 Å². The van der Waals surface area contributed by atoms with E-state index in [4.69, 9.17) is 5.11 Å². The number of aliphatic hydroxyl groups excluding tert-OH is 1. The molecule has 0 radical (unpaired) electrons. The lowest BCUT2D eigenvalue weighted by Gasteiger charge is -2.20. The van der Waals surface area contributed by atoms with E-state index in [0.717, 1.165) is 0 Å². The molecule has 1 rings (SSSR count). The zero-order valence-electron chi connectivity index (χ0n) is 9.33. The molecule has 3 N–H and O–H groups in total. The second kappa shape index (κ2) is 5.91. The van der Waals surface area contributed by atoms with E-state index >= 15 is 0 Å². The maximum atomic E-state index is 12.0. The molecule has 0 unspecified atom stereocenters. The second-order valence-electron chi connectivity index (χ2n) is 3.43. The zero-order valence-corrected chi connectivity index (χ0v) is 9.33. The number of nitrogens with zero attached hydrogens (tertiary/aromatic N) is 1. The number of carbonyl (C=O) groups excluding carboxylic acids is 1. The first-order valence-corrected chi connectivity index (χ1v) is 5.13. The van der Waals surface area contributed by atoms with Crippen LogP contribution in [-0.2, 0) is 0 Å². The van der Waals surface area contributed by atoms with Crippen molar-refractivity contribution in [2.75, 3.05) is 19.7 Å². The Morgan fingerprint density at radius 3 is 2.41 bits per heavy atom. The van der Waals surface area contributed by atoms with E-state index < -0.39 is 5.91 Å². The highest BCUT2D eigenvalue weighted by Crippen LogP contribution is 2.27. The van der Waals surface area contributed by atoms with Crippen LogP contribution in [0.25, 0.3) is 0 Å². The number of phenols is 2. The lowest BCUT2D eigenvalue weighted by atomic mass is 10.1. The number of aromatic hydroxyl groups is 2. The van der Waals surface area contributed by atoms with Gasteiger partial charge in [-0.05, 0) is 12.1 Å². The van der Waals surface area contributed by atoms with Gasteiger partial charge in [-0.25, -0.2) is 0 Å². The van der Waals surface area contributed by atoms with Crippen LogP contribution in [0.15, 0.2) is 30.9 Å². The number of amides is 1. The lowest BCUT2D eigenvalue weighted by molar-refractivity contribution is 0.0736. The van der Waals surface area contributed by atoms with E-state index in [1.54, 1.807) is 0 Å². The van der Waals surface area contributed by atoms with Gasteiger partial charge in [0.2, 0.25) is 0 Å². The molecule has 1 aromatic carbocycles. The van der Waals surface area contributed by atoms with Crippen molar-refractivity contribution in [3.8, 4) is 11.5 Å². The summed E-state index contributed by atoms with van der Waals surface area (Å²) >= 11 is 0. The number of phenolic OH excluding ortho intramolecular Hbond substituents is 2. The predicted molar refractivity (Wildman–Crippen MR) is 63.0 cm³/mol. The van der Waals surface area contributed by atoms with Crippen LogP contribution in [0.5, 0.6) is 11.5 Å². The molecule has 0 spiro atoms. The van der Waals surface area contributed by atoms with Crippen LogP contribution in [0, 0.1) is 0 Å². The van der Waals surface area contributed by atoms with E-state index in [9.17, 15) is 15.0 Å². The normalized spacial score (nSPS) is 9.94. The summed E-state index contributed by atoms with van der Waals surface area (Å²) in [6.07, 6.45) is 1.50. The van der Waals surface area contributed by atoms with Crippen molar-refractivity contribution in [3.63, 3.8) is 0 Å². The number of benzene rings is 1. The van der Waals surface area contributed by atoms with Crippen molar-refractivity contribution in [1.82, 2.24) is 4.90 Å². The quantitative estimate of drug-likeness (QED) is 0.659. The van der Waals surface area contributed by atoms with Crippen molar-refractivity contribution in [3.05, 3.63) is 36.4 Å². The third kappa shape index (κ3) is 2.98. The Hall–Kier alpha value is -2.01. The van der Waals surface area contributed by atoms with Crippen LogP contribution in [0.3, 0.4) is 0 Å². The Morgan fingerprint density at radius 1 is 1.35 bits per heavy atom. The molecular formula is C12H15NO4. The highest BCUT2D eigenvalue weighted by molar-refractivity contribution is 5.99. The largest absolute Gasteiger partial charge is 0.507 e. The molecule has 0 fully saturated rings. The van der Waals surface area contributed by atoms with Crippen molar-refractivity contribution < 1.29 is 20.1 Å². The highest BCUT2D eigenvalue weighted by Gasteiger charge is 2.21. The molecule has 0 saturated carbocycles. The first kappa shape index (κ1) is 13.1. The molecule has 0 aliphatic rings. The summed E-state index contributed by atoms with van der Waals surface area (Å²) in [5.74, 6) is -1.13. The van der Waals surface area contributed by atoms with Gasteiger partial charge in [-0.1, -0.05) is 12.1 Å². The van der Waals surface area contributed by atoms with Gasteiger partial charge >= 0.3 is 0 Å². The molecule has 0 aliphatic carbocycles. The highest BCUT2D eigenvalue weighted by atomic mass is 16.3. The molecule has 17 heavy (non-hydrogen) atoms. The number of aliphatic hydroxyl groups is 1. The standard InChI is InChI=1S/C12H15NO4/c1-2-6-13(7-8-14)12(17)11-9(15)4-3-5-10(11)16/h2-5,14-16H,1,6-8H2. The molecule has 1 amide bonds. The van der Waals surface area contributed by atoms with Gasteiger partial charge in [0.15, 0.2) is 0 Å². The third-order valence-corrected chi connectivity index (χ3v) is 2.24. The monoisotopic (exact) mass is 237 g/mol. The number of rotatable bonds is 5. The molecule has 0 heterocycles. The van der Waals surface area contributed by atoms with Crippen LogP contribution >= 0.6 is 0 Å². The molecule has 1 aromatic rings. The average Bonchev–Trinajstić information content (AvgIpc) is 2.28. The first-order valence-electron chi connectivity index (χ1n) is 5.13. The van der Waals surface area contributed by atoms with Gasteiger partial charge in [-0.15, -0.1) is 6.58 Å². The minimum Gasteiger partial charge on any atom is -0.507 e. The molecule has 0 aromatic heterocycles. The summed E-state index contributed by atoms with van der Waals surface area (Å²) in [6.45, 7) is 3.64. The van der Waals surface area contributed by atoms with Crippen molar-refractivity contribution in [1.29, 1.82) is 0 Å². The second-order valence-corrected chi connectivity index (χ2v) is 3.43. The molecule has 5 nitrogen and oxygen atoms in total. The van der Waals surface area contributed by atoms with Gasteiger partial charge in [0.25, 0.3) is 5.91 Å². The zero-order chi connectivity index (χ0) is 12.8. The number of hydrogen-bond donors (Lipinski definition) is 3. The van der Waals surface area contributed by atoms with Crippen LogP contribution in [0.2, 0.25) is 0 Å². The first-order chi connectivity index (χ1) is 8.11. The van der Waals surface area contributed by atoms with E-state index in [1.807, 2.05) is 0 Å². The summed E-state index contributed by atoms with van der Waals surface area (Å²) in [5.41, 5.74) is -0.164. The van der Waals surface area contributed by atoms with E-state index in [-0.39, 0.29) is 36.8 Å². The molecule has 0 saturated heterocycles.